The van der Waals surface area contributed by atoms with Crippen LogP contribution in [0.15, 0.2) is 12.2 Å². The minimum Gasteiger partial charge on any atom is -0.478 e. The molecule has 1 fully saturated rings. The van der Waals surface area contributed by atoms with Crippen LogP contribution < -0.4 is 0 Å². The molecule has 1 saturated carbocycles. The van der Waals surface area contributed by atoms with Crippen molar-refractivity contribution in [2.75, 3.05) is 13.2 Å². The van der Waals surface area contributed by atoms with Crippen molar-refractivity contribution in [3.8, 4) is 0 Å². The van der Waals surface area contributed by atoms with E-state index in [-0.39, 0.29) is 19.1 Å². The maximum absolute atomic E-state index is 10.5. The summed E-state index contributed by atoms with van der Waals surface area (Å²) in [4.78, 5) is 10.5. The van der Waals surface area contributed by atoms with E-state index < -0.39 is 11.4 Å². The second-order valence-corrected chi connectivity index (χ2v) is 4.19. The summed E-state index contributed by atoms with van der Waals surface area (Å²) in [5, 5.41) is 27.2. The molecule has 0 aromatic rings. The third-order valence-electron chi connectivity index (χ3n) is 3.33. The lowest BCUT2D eigenvalue weighted by Gasteiger charge is -2.40. The topological polar surface area (TPSA) is 77.8 Å². The summed E-state index contributed by atoms with van der Waals surface area (Å²) < 4.78 is 0. The van der Waals surface area contributed by atoms with Gasteiger partial charge in [-0.3, -0.25) is 0 Å². The molecule has 86 valence electrons. The number of aliphatic carboxylic acids is 1. The van der Waals surface area contributed by atoms with Crippen molar-refractivity contribution >= 4 is 5.97 Å². The van der Waals surface area contributed by atoms with Crippen LogP contribution in [0, 0.1) is 11.3 Å². The minimum absolute atomic E-state index is 0.00448. The number of carbonyl (C=O) groups is 1. The molecule has 4 nitrogen and oxygen atoms in total. The van der Waals surface area contributed by atoms with Crippen LogP contribution in [0.5, 0.6) is 0 Å². The summed E-state index contributed by atoms with van der Waals surface area (Å²) in [6.07, 6.45) is 6.23. The van der Waals surface area contributed by atoms with E-state index in [9.17, 15) is 15.0 Å². The van der Waals surface area contributed by atoms with Gasteiger partial charge in [0, 0.05) is 18.1 Å². The zero-order valence-corrected chi connectivity index (χ0v) is 8.72. The van der Waals surface area contributed by atoms with Crippen molar-refractivity contribution in [3.05, 3.63) is 12.2 Å². The van der Waals surface area contributed by atoms with Gasteiger partial charge in [-0.2, -0.15) is 0 Å². The van der Waals surface area contributed by atoms with E-state index in [0.717, 1.165) is 31.8 Å². The molecule has 0 aromatic carbocycles. The lowest BCUT2D eigenvalue weighted by atomic mass is 9.67. The Morgan fingerprint density at radius 1 is 1.40 bits per heavy atom. The van der Waals surface area contributed by atoms with Crippen molar-refractivity contribution in [3.63, 3.8) is 0 Å². The Bertz CT molecular complexity index is 249. The smallest absolute Gasteiger partial charge is 0.327 e. The zero-order valence-electron chi connectivity index (χ0n) is 8.72. The van der Waals surface area contributed by atoms with E-state index in [0.29, 0.717) is 0 Å². The van der Waals surface area contributed by atoms with Gasteiger partial charge in [-0.15, -0.1) is 0 Å². The first-order valence-corrected chi connectivity index (χ1v) is 5.28. The normalized spacial score (nSPS) is 32.0. The molecule has 0 spiro atoms. The molecule has 0 radical (unpaired) electrons. The fourth-order valence-corrected chi connectivity index (χ4v) is 2.33. The number of carboxylic acid groups (broad SMARTS) is 1. The maximum Gasteiger partial charge on any atom is 0.327 e. The highest BCUT2D eigenvalue weighted by molar-refractivity contribution is 5.79. The Kier molecular flexibility index (Phi) is 4.29. The number of rotatable bonds is 4. The highest BCUT2D eigenvalue weighted by Gasteiger charge is 2.37. The first kappa shape index (κ1) is 12.2. The van der Waals surface area contributed by atoms with E-state index in [1.54, 1.807) is 6.08 Å². The molecular formula is C11H18O4. The van der Waals surface area contributed by atoms with E-state index in [1.807, 2.05) is 0 Å². The second kappa shape index (κ2) is 5.28. The number of hydrogen-bond acceptors (Lipinski definition) is 3. The maximum atomic E-state index is 10.5. The molecule has 0 amide bonds. The number of hydrogen-bond donors (Lipinski definition) is 3. The molecular weight excluding hydrogens is 196 g/mol. The predicted octanol–water partition coefficient (Wildman–Crippen LogP) is 0.788. The summed E-state index contributed by atoms with van der Waals surface area (Å²) in [5.74, 6) is -1.03. The van der Waals surface area contributed by atoms with Gasteiger partial charge in [-0.05, 0) is 18.8 Å². The van der Waals surface area contributed by atoms with Gasteiger partial charge in [-0.1, -0.05) is 18.9 Å². The number of aliphatic hydroxyl groups is 2. The minimum atomic E-state index is -1.01. The van der Waals surface area contributed by atoms with E-state index in [2.05, 4.69) is 0 Å². The Labute approximate surface area is 89.2 Å². The van der Waals surface area contributed by atoms with Gasteiger partial charge in [0.1, 0.15) is 0 Å². The fraction of sp³-hybridized carbons (Fsp3) is 0.727. The largest absolute Gasteiger partial charge is 0.478 e. The quantitative estimate of drug-likeness (QED) is 0.604. The van der Waals surface area contributed by atoms with Crippen LogP contribution in [-0.2, 0) is 4.79 Å². The van der Waals surface area contributed by atoms with E-state index in [1.165, 1.54) is 0 Å². The standard InChI is InChI=1S/C11H18O4/c12-7-9-3-1-2-5-11(9,8-13)6-4-10(14)15/h4,6,9,12-13H,1-3,5,7-8H2,(H,14,15)/b6-4+. The SMILES string of the molecule is O=C(O)/C=C/C1(CO)CCCCC1CO. The molecule has 1 rings (SSSR count). The molecule has 2 unspecified atom stereocenters. The predicted molar refractivity (Wildman–Crippen MR) is 55.3 cm³/mol. The van der Waals surface area contributed by atoms with Gasteiger partial charge in [0.15, 0.2) is 0 Å². The van der Waals surface area contributed by atoms with E-state index >= 15 is 0 Å². The van der Waals surface area contributed by atoms with Gasteiger partial charge in [0.2, 0.25) is 0 Å². The summed E-state index contributed by atoms with van der Waals surface area (Å²) in [5.41, 5.74) is -0.536. The molecule has 0 heterocycles. The van der Waals surface area contributed by atoms with Gasteiger partial charge in [0.05, 0.1) is 6.61 Å². The van der Waals surface area contributed by atoms with E-state index in [4.69, 9.17) is 5.11 Å². The van der Waals surface area contributed by atoms with Crippen LogP contribution in [0.4, 0.5) is 0 Å². The molecule has 3 N–H and O–H groups in total. The third kappa shape index (κ3) is 2.79. The second-order valence-electron chi connectivity index (χ2n) is 4.19. The average Bonchev–Trinajstić information content (AvgIpc) is 2.26. The number of aliphatic hydroxyl groups excluding tert-OH is 2. The highest BCUT2D eigenvalue weighted by atomic mass is 16.4. The average molecular weight is 214 g/mol. The molecule has 4 heteroatoms. The van der Waals surface area contributed by atoms with Gasteiger partial charge >= 0.3 is 5.97 Å². The molecule has 0 saturated heterocycles. The van der Waals surface area contributed by atoms with Crippen LogP contribution in [-0.4, -0.2) is 34.5 Å². The van der Waals surface area contributed by atoms with Crippen molar-refractivity contribution in [2.24, 2.45) is 11.3 Å². The van der Waals surface area contributed by atoms with Crippen LogP contribution >= 0.6 is 0 Å². The zero-order chi connectivity index (χ0) is 11.3. The summed E-state index contributed by atoms with van der Waals surface area (Å²) >= 11 is 0. The Morgan fingerprint density at radius 3 is 2.67 bits per heavy atom. The van der Waals surface area contributed by atoms with Crippen LogP contribution in [0.2, 0.25) is 0 Å². The summed E-state index contributed by atoms with van der Waals surface area (Å²) in [6.45, 7) is -0.0907. The lowest BCUT2D eigenvalue weighted by Crippen LogP contribution is -2.37. The molecule has 0 aromatic heterocycles. The molecule has 1 aliphatic carbocycles. The first-order valence-electron chi connectivity index (χ1n) is 5.28. The van der Waals surface area contributed by atoms with Crippen LogP contribution in [0.1, 0.15) is 25.7 Å². The molecule has 0 aliphatic heterocycles. The summed E-state index contributed by atoms with van der Waals surface area (Å²) in [6, 6.07) is 0. The fourth-order valence-electron chi connectivity index (χ4n) is 2.33. The van der Waals surface area contributed by atoms with Crippen molar-refractivity contribution < 1.29 is 20.1 Å². The molecule has 2 atom stereocenters. The molecule has 1 aliphatic rings. The van der Waals surface area contributed by atoms with Crippen molar-refractivity contribution in [2.45, 2.75) is 25.7 Å². The van der Waals surface area contributed by atoms with Gasteiger partial charge < -0.3 is 15.3 Å². The van der Waals surface area contributed by atoms with Crippen molar-refractivity contribution in [1.29, 1.82) is 0 Å². The molecule has 15 heavy (non-hydrogen) atoms. The van der Waals surface area contributed by atoms with Gasteiger partial charge in [-0.25, -0.2) is 4.79 Å². The third-order valence-corrected chi connectivity index (χ3v) is 3.33. The van der Waals surface area contributed by atoms with Crippen molar-refractivity contribution in [1.82, 2.24) is 0 Å². The van der Waals surface area contributed by atoms with Crippen LogP contribution in [0.25, 0.3) is 0 Å². The molecule has 0 bridgehead atoms. The Hall–Kier alpha value is -0.870. The van der Waals surface area contributed by atoms with Crippen LogP contribution in [0.3, 0.4) is 0 Å². The highest BCUT2D eigenvalue weighted by Crippen LogP contribution is 2.41. The number of carboxylic acids is 1. The Balaban J connectivity index is 2.83. The lowest BCUT2D eigenvalue weighted by molar-refractivity contribution is -0.131. The monoisotopic (exact) mass is 214 g/mol. The van der Waals surface area contributed by atoms with Gasteiger partial charge in [0.25, 0.3) is 0 Å². The summed E-state index contributed by atoms with van der Waals surface area (Å²) in [7, 11) is 0. The first-order chi connectivity index (χ1) is 7.14. The Morgan fingerprint density at radius 2 is 2.13 bits per heavy atom.